The molecule has 4 atom stereocenters. The molecular formula is C30H37N3. The molecule has 1 aliphatic carbocycles. The van der Waals surface area contributed by atoms with Crippen molar-refractivity contribution >= 4 is 17.1 Å². The Labute approximate surface area is 199 Å². The van der Waals surface area contributed by atoms with Crippen molar-refractivity contribution < 1.29 is 0 Å². The van der Waals surface area contributed by atoms with Crippen molar-refractivity contribution in [2.45, 2.75) is 38.6 Å². The number of hydrogen-bond acceptors (Lipinski definition) is 3. The van der Waals surface area contributed by atoms with Crippen molar-refractivity contribution in [1.82, 2.24) is 0 Å². The largest absolute Gasteiger partial charge is 0.399 e. The Morgan fingerprint density at radius 2 is 1.33 bits per heavy atom. The molecule has 3 aromatic rings. The van der Waals surface area contributed by atoms with Crippen molar-refractivity contribution in [1.29, 1.82) is 0 Å². The molecule has 0 saturated heterocycles. The van der Waals surface area contributed by atoms with Gasteiger partial charge in [-0.1, -0.05) is 55.5 Å². The second-order valence-electron chi connectivity index (χ2n) is 9.74. The average Bonchev–Trinajstić information content (AvgIpc) is 2.82. The van der Waals surface area contributed by atoms with Gasteiger partial charge in [0.05, 0.1) is 0 Å². The number of nitrogen functional groups attached to an aromatic ring is 1. The minimum Gasteiger partial charge on any atom is -0.399 e. The molecule has 3 aromatic carbocycles. The van der Waals surface area contributed by atoms with Gasteiger partial charge in [0.25, 0.3) is 0 Å². The second kappa shape index (κ2) is 10.2. The first-order valence-electron chi connectivity index (χ1n) is 12.1. The molecule has 0 bridgehead atoms. The second-order valence-corrected chi connectivity index (χ2v) is 9.74. The molecule has 0 fully saturated rings. The fourth-order valence-corrected chi connectivity index (χ4v) is 4.77. The third-order valence-corrected chi connectivity index (χ3v) is 6.94. The maximum atomic E-state index is 5.97. The lowest BCUT2D eigenvalue weighted by atomic mass is 9.84. The lowest BCUT2D eigenvalue weighted by Crippen LogP contribution is -2.26. The summed E-state index contributed by atoms with van der Waals surface area (Å²) in [5.74, 6) is 1.47. The summed E-state index contributed by atoms with van der Waals surface area (Å²) in [6.07, 6.45) is 7.30. The molecule has 0 aromatic heterocycles. The number of rotatable bonds is 7. The number of allylic oxidation sites excluding steroid dienone is 1. The van der Waals surface area contributed by atoms with Gasteiger partial charge in [0.1, 0.15) is 0 Å². The molecule has 3 N–H and O–H groups in total. The summed E-state index contributed by atoms with van der Waals surface area (Å²) in [5.41, 5.74) is 13.0. The van der Waals surface area contributed by atoms with Crippen molar-refractivity contribution in [3.05, 3.63) is 102 Å². The molecule has 3 nitrogen and oxygen atoms in total. The highest BCUT2D eigenvalue weighted by Gasteiger charge is 2.20. The minimum absolute atomic E-state index is 0.163. The van der Waals surface area contributed by atoms with E-state index in [1.807, 2.05) is 12.1 Å². The molecule has 4 rings (SSSR count). The number of hydrogen-bond donors (Lipinski definition) is 2. The number of benzene rings is 3. The van der Waals surface area contributed by atoms with Crippen molar-refractivity contribution in [3.63, 3.8) is 0 Å². The zero-order valence-electron chi connectivity index (χ0n) is 20.3. The van der Waals surface area contributed by atoms with E-state index in [0.29, 0.717) is 17.9 Å². The molecule has 0 radical (unpaired) electrons. The van der Waals surface area contributed by atoms with Crippen LogP contribution < -0.4 is 16.0 Å². The van der Waals surface area contributed by atoms with Crippen LogP contribution >= 0.6 is 0 Å². The lowest BCUT2D eigenvalue weighted by Gasteiger charge is -2.27. The summed E-state index contributed by atoms with van der Waals surface area (Å²) < 4.78 is 0. The molecule has 172 valence electrons. The third kappa shape index (κ3) is 5.60. The summed E-state index contributed by atoms with van der Waals surface area (Å²) in [6, 6.07) is 26.5. The zero-order chi connectivity index (χ0) is 23.4. The summed E-state index contributed by atoms with van der Waals surface area (Å²) in [7, 11) is 4.14. The number of anilines is 3. The first kappa shape index (κ1) is 23.0. The monoisotopic (exact) mass is 439 g/mol. The van der Waals surface area contributed by atoms with Crippen LogP contribution in [0.4, 0.5) is 17.1 Å². The zero-order valence-corrected chi connectivity index (χ0v) is 20.3. The Hall–Kier alpha value is -3.20. The van der Waals surface area contributed by atoms with Crippen molar-refractivity contribution in [3.8, 4) is 0 Å². The Morgan fingerprint density at radius 1 is 0.788 bits per heavy atom. The van der Waals surface area contributed by atoms with E-state index in [9.17, 15) is 0 Å². The predicted octanol–water partition coefficient (Wildman–Crippen LogP) is 6.92. The van der Waals surface area contributed by atoms with Crippen molar-refractivity contribution in [2.75, 3.05) is 30.0 Å². The van der Waals surface area contributed by atoms with Gasteiger partial charge in [-0.25, -0.2) is 0 Å². The summed E-state index contributed by atoms with van der Waals surface area (Å²) >= 11 is 0. The minimum atomic E-state index is 0.163. The highest BCUT2D eigenvalue weighted by molar-refractivity contribution is 5.54. The van der Waals surface area contributed by atoms with E-state index in [0.717, 1.165) is 5.69 Å². The van der Waals surface area contributed by atoms with E-state index in [1.54, 1.807) is 0 Å². The SMILES string of the molecule is CC1C=CC([C@H](C)Nc2ccc(C(c3ccc(N)cc3)c3ccc(N(C)C)cc3)cc2)CC1. The molecule has 0 spiro atoms. The molecule has 0 heterocycles. The quantitative estimate of drug-likeness (QED) is 0.238. The number of nitrogens with one attached hydrogen (secondary N) is 1. The summed E-state index contributed by atoms with van der Waals surface area (Å²) in [6.45, 7) is 4.59. The smallest absolute Gasteiger partial charge is 0.0361 e. The molecule has 0 amide bonds. The highest BCUT2D eigenvalue weighted by Crippen LogP contribution is 2.34. The Morgan fingerprint density at radius 3 is 1.85 bits per heavy atom. The van der Waals surface area contributed by atoms with Crippen LogP contribution in [-0.2, 0) is 0 Å². The fourth-order valence-electron chi connectivity index (χ4n) is 4.77. The van der Waals surface area contributed by atoms with Gasteiger partial charge >= 0.3 is 0 Å². The van der Waals surface area contributed by atoms with Crippen molar-refractivity contribution in [2.24, 2.45) is 11.8 Å². The van der Waals surface area contributed by atoms with Crippen LogP contribution in [0, 0.1) is 11.8 Å². The summed E-state index contributed by atoms with van der Waals surface area (Å²) in [5, 5.41) is 3.73. The van der Waals surface area contributed by atoms with Gasteiger partial charge in [0.2, 0.25) is 0 Å². The first-order valence-corrected chi connectivity index (χ1v) is 12.1. The molecule has 1 aliphatic rings. The van der Waals surface area contributed by atoms with Crippen LogP contribution in [0.2, 0.25) is 0 Å². The molecule has 33 heavy (non-hydrogen) atoms. The Balaban J connectivity index is 1.58. The van der Waals surface area contributed by atoms with Gasteiger partial charge in [0, 0.05) is 43.1 Å². The van der Waals surface area contributed by atoms with Gasteiger partial charge in [-0.15, -0.1) is 0 Å². The highest BCUT2D eigenvalue weighted by atomic mass is 15.1. The van der Waals surface area contributed by atoms with Gasteiger partial charge < -0.3 is 16.0 Å². The maximum absolute atomic E-state index is 5.97. The predicted molar refractivity (Wildman–Crippen MR) is 143 cm³/mol. The van der Waals surface area contributed by atoms with Crippen LogP contribution in [0.25, 0.3) is 0 Å². The van der Waals surface area contributed by atoms with E-state index in [2.05, 4.69) is 111 Å². The molecular weight excluding hydrogens is 402 g/mol. The normalized spacial score (nSPS) is 19.6. The van der Waals surface area contributed by atoms with Gasteiger partial charge in [-0.05, 0) is 84.7 Å². The molecule has 3 heteroatoms. The molecule has 0 aliphatic heterocycles. The Kier molecular flexibility index (Phi) is 7.08. The van der Waals surface area contributed by atoms with E-state index < -0.39 is 0 Å². The Bertz CT molecular complexity index is 1050. The van der Waals surface area contributed by atoms with Crippen LogP contribution in [0.5, 0.6) is 0 Å². The first-order chi connectivity index (χ1) is 15.9. The summed E-state index contributed by atoms with van der Waals surface area (Å²) in [4.78, 5) is 2.13. The molecule has 0 saturated carbocycles. The van der Waals surface area contributed by atoms with Crippen LogP contribution in [0.15, 0.2) is 84.9 Å². The number of nitrogens with two attached hydrogens (primary N) is 1. The van der Waals surface area contributed by atoms with Crippen LogP contribution in [0.1, 0.15) is 49.3 Å². The average molecular weight is 440 g/mol. The fraction of sp³-hybridized carbons (Fsp3) is 0.333. The van der Waals surface area contributed by atoms with E-state index in [-0.39, 0.29) is 5.92 Å². The van der Waals surface area contributed by atoms with E-state index >= 15 is 0 Å². The van der Waals surface area contributed by atoms with Gasteiger partial charge in [0.15, 0.2) is 0 Å². The van der Waals surface area contributed by atoms with Crippen LogP contribution in [0.3, 0.4) is 0 Å². The maximum Gasteiger partial charge on any atom is 0.0361 e. The standard InChI is InChI=1S/C30H37N3/c1-21-5-7-23(8-6-21)22(2)32-28-17-11-25(12-18-28)30(24-9-15-27(31)16-10-24)26-13-19-29(20-14-26)33(3)4/h5,7,9-23,30,32H,6,8,31H2,1-4H3/t21?,22-,23?,30?/m0/s1. The van der Waals surface area contributed by atoms with Crippen LogP contribution in [-0.4, -0.2) is 20.1 Å². The van der Waals surface area contributed by atoms with E-state index in [1.165, 1.54) is 40.9 Å². The number of nitrogens with zero attached hydrogens (tertiary/aromatic N) is 1. The topological polar surface area (TPSA) is 41.3 Å². The third-order valence-electron chi connectivity index (χ3n) is 6.94. The van der Waals surface area contributed by atoms with Gasteiger partial charge in [-0.3, -0.25) is 0 Å². The van der Waals surface area contributed by atoms with E-state index in [4.69, 9.17) is 5.73 Å². The van der Waals surface area contributed by atoms with Gasteiger partial charge in [-0.2, -0.15) is 0 Å². The molecule has 3 unspecified atom stereocenters. The lowest BCUT2D eigenvalue weighted by molar-refractivity contribution is 0.441.